The normalized spacial score (nSPS) is 15.4. The van der Waals surface area contributed by atoms with Gasteiger partial charge in [0.25, 0.3) is 0 Å². The van der Waals surface area contributed by atoms with Crippen molar-refractivity contribution in [1.29, 1.82) is 0 Å². The number of imidazole rings is 2. The molecule has 1 unspecified atom stereocenters. The number of nitrogens with one attached hydrogen (secondary N) is 1. The summed E-state index contributed by atoms with van der Waals surface area (Å²) in [6.45, 7) is 4.28. The van der Waals surface area contributed by atoms with Crippen molar-refractivity contribution in [3.63, 3.8) is 0 Å². The topological polar surface area (TPSA) is 182 Å². The van der Waals surface area contributed by atoms with Gasteiger partial charge in [-0.1, -0.05) is 12.2 Å². The van der Waals surface area contributed by atoms with Gasteiger partial charge < -0.3 is 30.0 Å². The first kappa shape index (κ1) is 27.7. The maximum Gasteiger partial charge on any atom is 0.336 e. The molecule has 3 rings (SSSR count). The van der Waals surface area contributed by atoms with Gasteiger partial charge in [0, 0.05) is 50.5 Å². The molecule has 0 saturated carbocycles. The summed E-state index contributed by atoms with van der Waals surface area (Å²) in [4.78, 5) is 44.5. The minimum Gasteiger partial charge on any atom is -0.481 e. The Bertz CT molecular complexity index is 928. The van der Waals surface area contributed by atoms with Crippen LogP contribution in [0.2, 0.25) is 0 Å². The molecule has 0 fully saturated rings. The van der Waals surface area contributed by atoms with Gasteiger partial charge in [-0.25, -0.2) is 14.8 Å². The standard InChI is InChI=1S/C17H25N5.C6H8O7/c1-2-5-16(6-3-1)12-22(13-17-11-19-14-20-17)9-4-8-21-10-7-18-15-21;7-3(8)1-6(13,5(11)12)2-4(9)10/h1-2,7,10-11,14-16H,3-6,8-9,12-13H2,(H,19,20);13H,1-2H2,(H,7,8)(H,9,10)(H,11,12). The highest BCUT2D eigenvalue weighted by Gasteiger charge is 2.40. The van der Waals surface area contributed by atoms with Crippen LogP contribution in [0, 0.1) is 5.92 Å². The minimum absolute atomic E-state index is 0.793. The van der Waals surface area contributed by atoms with Crippen molar-refractivity contribution in [2.24, 2.45) is 5.92 Å². The molecule has 0 bridgehead atoms. The number of aliphatic carboxylic acids is 3. The summed E-state index contributed by atoms with van der Waals surface area (Å²) in [6, 6.07) is 0. The van der Waals surface area contributed by atoms with Crippen LogP contribution in [-0.4, -0.2) is 81.4 Å². The van der Waals surface area contributed by atoms with Crippen molar-refractivity contribution >= 4 is 17.9 Å². The molecule has 0 radical (unpaired) electrons. The number of carbonyl (C=O) groups is 3. The van der Waals surface area contributed by atoms with Gasteiger partial charge in [-0.05, 0) is 31.6 Å². The molecular formula is C23H33N5O7. The van der Waals surface area contributed by atoms with Gasteiger partial charge in [0.05, 0.1) is 25.5 Å². The first-order valence-electron chi connectivity index (χ1n) is 11.4. The molecule has 2 heterocycles. The summed E-state index contributed by atoms with van der Waals surface area (Å²) >= 11 is 0. The van der Waals surface area contributed by atoms with E-state index >= 15 is 0 Å². The van der Waals surface area contributed by atoms with Crippen molar-refractivity contribution in [3.8, 4) is 0 Å². The fourth-order valence-electron chi connectivity index (χ4n) is 3.84. The summed E-state index contributed by atoms with van der Waals surface area (Å²) in [7, 11) is 0. The number of aliphatic hydroxyl groups is 1. The third kappa shape index (κ3) is 10.5. The fourth-order valence-corrected chi connectivity index (χ4v) is 3.84. The van der Waals surface area contributed by atoms with Crippen molar-refractivity contribution < 1.29 is 34.8 Å². The summed E-state index contributed by atoms with van der Waals surface area (Å²) in [5.74, 6) is -4.23. The number of hydrogen-bond acceptors (Lipinski definition) is 7. The van der Waals surface area contributed by atoms with Crippen LogP contribution in [0.1, 0.15) is 44.2 Å². The summed E-state index contributed by atoms with van der Waals surface area (Å²) in [5.41, 5.74) is -1.54. The molecule has 2 aromatic rings. The zero-order valence-electron chi connectivity index (χ0n) is 19.5. The van der Waals surface area contributed by atoms with E-state index in [0.29, 0.717) is 0 Å². The molecule has 0 aromatic carbocycles. The average Bonchev–Trinajstić information content (AvgIpc) is 3.48. The number of hydrogen-bond donors (Lipinski definition) is 5. The Hall–Kier alpha value is -3.51. The van der Waals surface area contributed by atoms with E-state index in [0.717, 1.165) is 32.0 Å². The predicted molar refractivity (Wildman–Crippen MR) is 124 cm³/mol. The maximum atomic E-state index is 10.3. The lowest BCUT2D eigenvalue weighted by Gasteiger charge is -2.28. The molecule has 12 heteroatoms. The van der Waals surface area contributed by atoms with Crippen molar-refractivity contribution in [1.82, 2.24) is 24.4 Å². The van der Waals surface area contributed by atoms with E-state index in [2.05, 4.69) is 36.6 Å². The van der Waals surface area contributed by atoms with Crippen LogP contribution in [0.15, 0.2) is 43.4 Å². The van der Waals surface area contributed by atoms with Crippen LogP contribution < -0.4 is 0 Å². The quantitative estimate of drug-likeness (QED) is 0.258. The molecule has 0 amide bonds. The summed E-state index contributed by atoms with van der Waals surface area (Å²) < 4.78 is 2.15. The van der Waals surface area contributed by atoms with Crippen LogP contribution in [0.25, 0.3) is 0 Å². The molecule has 12 nitrogen and oxygen atoms in total. The Labute approximate surface area is 202 Å². The Morgan fingerprint density at radius 3 is 2.40 bits per heavy atom. The Morgan fingerprint density at radius 1 is 1.14 bits per heavy atom. The molecule has 5 N–H and O–H groups in total. The highest BCUT2D eigenvalue weighted by molar-refractivity contribution is 5.88. The smallest absolute Gasteiger partial charge is 0.336 e. The van der Waals surface area contributed by atoms with E-state index in [1.165, 1.54) is 31.5 Å². The van der Waals surface area contributed by atoms with Gasteiger partial charge in [-0.2, -0.15) is 0 Å². The van der Waals surface area contributed by atoms with E-state index in [9.17, 15) is 14.4 Å². The zero-order valence-corrected chi connectivity index (χ0v) is 19.5. The van der Waals surface area contributed by atoms with Gasteiger partial charge in [-0.3, -0.25) is 14.5 Å². The van der Waals surface area contributed by atoms with Crippen LogP contribution >= 0.6 is 0 Å². The van der Waals surface area contributed by atoms with Crippen molar-refractivity contribution in [2.45, 2.75) is 57.2 Å². The number of aromatic amines is 1. The van der Waals surface area contributed by atoms with Crippen LogP contribution in [-0.2, 0) is 27.5 Å². The second-order valence-electron chi connectivity index (χ2n) is 8.59. The largest absolute Gasteiger partial charge is 0.481 e. The Balaban J connectivity index is 0.000000287. The van der Waals surface area contributed by atoms with Gasteiger partial charge in [0.2, 0.25) is 0 Å². The van der Waals surface area contributed by atoms with E-state index in [1.807, 2.05) is 24.9 Å². The SMILES string of the molecule is C1=CCC(CN(CCCn2ccnc2)Cc2cnc[nH]2)CC1.O=C(O)CC(O)(CC(=O)O)C(=O)O. The number of nitrogens with zero attached hydrogens (tertiary/aromatic N) is 4. The number of rotatable bonds is 13. The van der Waals surface area contributed by atoms with Crippen LogP contribution in [0.4, 0.5) is 0 Å². The second kappa shape index (κ2) is 14.0. The molecule has 0 saturated heterocycles. The van der Waals surface area contributed by atoms with E-state index in [-0.39, 0.29) is 0 Å². The number of aryl methyl sites for hydroxylation is 1. The molecule has 192 valence electrons. The molecule has 0 spiro atoms. The third-order valence-electron chi connectivity index (χ3n) is 5.58. The first-order valence-corrected chi connectivity index (χ1v) is 11.4. The lowest BCUT2D eigenvalue weighted by atomic mass is 9.94. The summed E-state index contributed by atoms with van der Waals surface area (Å²) in [5, 5.41) is 33.8. The third-order valence-corrected chi connectivity index (χ3v) is 5.58. The van der Waals surface area contributed by atoms with Gasteiger partial charge in [0.1, 0.15) is 0 Å². The van der Waals surface area contributed by atoms with Gasteiger partial charge in [0.15, 0.2) is 5.60 Å². The highest BCUT2D eigenvalue weighted by atomic mass is 16.4. The van der Waals surface area contributed by atoms with Crippen LogP contribution in [0.3, 0.4) is 0 Å². The zero-order chi connectivity index (χ0) is 25.7. The fraction of sp³-hybridized carbons (Fsp3) is 0.522. The number of carboxylic acid groups (broad SMARTS) is 3. The molecular weight excluding hydrogens is 458 g/mol. The van der Waals surface area contributed by atoms with Crippen molar-refractivity contribution in [3.05, 3.63) is 49.1 Å². The number of carboxylic acids is 3. The van der Waals surface area contributed by atoms with Crippen LogP contribution in [0.5, 0.6) is 0 Å². The molecule has 0 aliphatic heterocycles. The van der Waals surface area contributed by atoms with E-state index in [1.54, 1.807) is 6.33 Å². The number of allylic oxidation sites excluding steroid dienone is 2. The van der Waals surface area contributed by atoms with E-state index < -0.39 is 36.4 Å². The van der Waals surface area contributed by atoms with Gasteiger partial charge >= 0.3 is 17.9 Å². The minimum atomic E-state index is -2.74. The molecule has 1 aliphatic carbocycles. The predicted octanol–water partition coefficient (Wildman–Crippen LogP) is 1.61. The Morgan fingerprint density at radius 2 is 1.89 bits per heavy atom. The second-order valence-corrected chi connectivity index (χ2v) is 8.59. The number of aromatic nitrogens is 4. The molecule has 35 heavy (non-hydrogen) atoms. The molecule has 1 aliphatic rings. The lowest BCUT2D eigenvalue weighted by molar-refractivity contribution is -0.170. The average molecular weight is 492 g/mol. The maximum absolute atomic E-state index is 10.3. The lowest BCUT2D eigenvalue weighted by Crippen LogP contribution is -2.42. The Kier molecular flexibility index (Phi) is 11.1. The van der Waals surface area contributed by atoms with Crippen molar-refractivity contribution in [2.75, 3.05) is 13.1 Å². The highest BCUT2D eigenvalue weighted by Crippen LogP contribution is 2.20. The summed E-state index contributed by atoms with van der Waals surface area (Å²) in [6.07, 6.45) is 16.8. The molecule has 1 atom stereocenters. The van der Waals surface area contributed by atoms with E-state index in [4.69, 9.17) is 20.4 Å². The molecule has 2 aromatic heterocycles. The monoisotopic (exact) mass is 491 g/mol. The first-order chi connectivity index (χ1) is 16.7. The number of H-pyrrole nitrogens is 1. The van der Waals surface area contributed by atoms with Gasteiger partial charge in [-0.15, -0.1) is 0 Å².